The van der Waals surface area contributed by atoms with Gasteiger partial charge in [0.15, 0.2) is 0 Å². The van der Waals surface area contributed by atoms with Crippen LogP contribution in [0.2, 0.25) is 0 Å². The second-order valence-electron chi connectivity index (χ2n) is 5.24. The van der Waals surface area contributed by atoms with Gasteiger partial charge in [-0.1, -0.05) is 17.9 Å². The van der Waals surface area contributed by atoms with Crippen molar-refractivity contribution >= 4 is 5.91 Å². The average molecular weight is 287 g/mol. The van der Waals surface area contributed by atoms with E-state index in [1.807, 2.05) is 24.1 Å². The average Bonchev–Trinajstić information content (AvgIpc) is 2.47. The third-order valence-electron chi connectivity index (χ3n) is 3.48. The van der Waals surface area contributed by atoms with Crippen LogP contribution in [0.25, 0.3) is 0 Å². The van der Waals surface area contributed by atoms with Crippen LogP contribution in [0.5, 0.6) is 0 Å². The molecule has 2 N–H and O–H groups in total. The van der Waals surface area contributed by atoms with Gasteiger partial charge in [0.1, 0.15) is 6.61 Å². The fraction of sp³-hybridized carbons (Fsp3) is 0.438. The van der Waals surface area contributed by atoms with Gasteiger partial charge in [0, 0.05) is 31.7 Å². The lowest BCUT2D eigenvalue weighted by atomic mass is 10.0. The largest absolute Gasteiger partial charge is 0.384 e. The molecule has 1 aromatic carbocycles. The van der Waals surface area contributed by atoms with Crippen LogP contribution in [0.1, 0.15) is 21.5 Å². The van der Waals surface area contributed by atoms with E-state index >= 15 is 0 Å². The normalized spacial score (nSPS) is 16.1. The molecule has 1 saturated heterocycles. The first kappa shape index (κ1) is 15.5. The minimum Gasteiger partial charge on any atom is -0.384 e. The van der Waals surface area contributed by atoms with Crippen molar-refractivity contribution in [2.45, 2.75) is 6.92 Å². The van der Waals surface area contributed by atoms with E-state index in [4.69, 9.17) is 5.11 Å². The molecule has 2 rings (SSSR count). The summed E-state index contributed by atoms with van der Waals surface area (Å²) in [6.07, 6.45) is 0. The lowest BCUT2D eigenvalue weighted by Crippen LogP contribution is -2.52. The monoisotopic (exact) mass is 287 g/mol. The predicted molar refractivity (Wildman–Crippen MR) is 81.7 cm³/mol. The zero-order chi connectivity index (χ0) is 15.2. The van der Waals surface area contributed by atoms with Gasteiger partial charge in [-0.2, -0.15) is 0 Å². The summed E-state index contributed by atoms with van der Waals surface area (Å²) in [5.41, 5.74) is 5.16. The van der Waals surface area contributed by atoms with Crippen molar-refractivity contribution < 1.29 is 9.90 Å². The van der Waals surface area contributed by atoms with Crippen molar-refractivity contribution in [1.82, 2.24) is 15.3 Å². The highest BCUT2D eigenvalue weighted by molar-refractivity contribution is 5.96. The molecule has 0 radical (unpaired) electrons. The van der Waals surface area contributed by atoms with Crippen molar-refractivity contribution in [3.8, 4) is 11.8 Å². The maximum atomic E-state index is 12.4. The maximum Gasteiger partial charge on any atom is 0.266 e. The number of piperazine rings is 1. The predicted octanol–water partition coefficient (Wildman–Crippen LogP) is 0.231. The van der Waals surface area contributed by atoms with Crippen LogP contribution in [0.4, 0.5) is 0 Å². The van der Waals surface area contributed by atoms with Gasteiger partial charge in [0.2, 0.25) is 0 Å². The van der Waals surface area contributed by atoms with Crippen LogP contribution in [0.3, 0.4) is 0 Å². The van der Waals surface area contributed by atoms with Gasteiger partial charge in [-0.3, -0.25) is 10.2 Å². The van der Waals surface area contributed by atoms with Gasteiger partial charge in [0.25, 0.3) is 5.91 Å². The Morgan fingerprint density at radius 2 is 2.05 bits per heavy atom. The maximum absolute atomic E-state index is 12.4. The number of nitrogens with zero attached hydrogens (tertiary/aromatic N) is 2. The van der Waals surface area contributed by atoms with Crippen LogP contribution >= 0.6 is 0 Å². The fourth-order valence-corrected chi connectivity index (χ4v) is 2.22. The SMILES string of the molecule is Cc1ccc(C(=O)NN2CCN(C)CC2)c(C#CCO)c1. The zero-order valence-corrected chi connectivity index (χ0v) is 12.5. The quantitative estimate of drug-likeness (QED) is 0.765. The number of benzene rings is 1. The molecule has 0 atom stereocenters. The van der Waals surface area contributed by atoms with Crippen molar-refractivity contribution in [3.05, 3.63) is 34.9 Å². The molecule has 1 aliphatic rings. The third kappa shape index (κ3) is 4.30. The van der Waals surface area contributed by atoms with E-state index in [0.717, 1.165) is 31.7 Å². The molecule has 5 heteroatoms. The van der Waals surface area contributed by atoms with E-state index < -0.39 is 0 Å². The molecular formula is C16H21N3O2. The Bertz CT molecular complexity index is 567. The van der Waals surface area contributed by atoms with Gasteiger partial charge in [0.05, 0.1) is 5.56 Å². The molecule has 0 spiro atoms. The lowest BCUT2D eigenvalue weighted by molar-refractivity contribution is 0.0662. The van der Waals surface area contributed by atoms with Crippen LogP contribution < -0.4 is 5.43 Å². The van der Waals surface area contributed by atoms with Gasteiger partial charge >= 0.3 is 0 Å². The first-order valence-electron chi connectivity index (χ1n) is 7.05. The number of nitrogens with one attached hydrogen (secondary N) is 1. The molecular weight excluding hydrogens is 266 g/mol. The number of amides is 1. The first-order chi connectivity index (χ1) is 10.1. The summed E-state index contributed by atoms with van der Waals surface area (Å²) in [4.78, 5) is 14.6. The molecule has 0 unspecified atom stereocenters. The number of aliphatic hydroxyl groups excluding tert-OH is 1. The fourth-order valence-electron chi connectivity index (χ4n) is 2.22. The van der Waals surface area contributed by atoms with Crippen molar-refractivity contribution in [1.29, 1.82) is 0 Å². The molecule has 0 saturated carbocycles. The van der Waals surface area contributed by atoms with Gasteiger partial charge in [-0.15, -0.1) is 0 Å². The summed E-state index contributed by atoms with van der Waals surface area (Å²) >= 11 is 0. The van der Waals surface area contributed by atoms with Gasteiger partial charge in [-0.25, -0.2) is 5.01 Å². The molecule has 1 aliphatic heterocycles. The van der Waals surface area contributed by atoms with Crippen molar-refractivity contribution in [2.75, 3.05) is 39.8 Å². The zero-order valence-electron chi connectivity index (χ0n) is 12.5. The molecule has 112 valence electrons. The summed E-state index contributed by atoms with van der Waals surface area (Å²) in [5, 5.41) is 10.8. The van der Waals surface area contributed by atoms with E-state index in [1.165, 1.54) is 0 Å². The van der Waals surface area contributed by atoms with Crippen LogP contribution in [0.15, 0.2) is 18.2 Å². The van der Waals surface area contributed by atoms with Crippen LogP contribution in [-0.2, 0) is 0 Å². The van der Waals surface area contributed by atoms with Crippen LogP contribution in [-0.4, -0.2) is 60.8 Å². The van der Waals surface area contributed by atoms with E-state index in [-0.39, 0.29) is 12.5 Å². The Morgan fingerprint density at radius 1 is 1.33 bits per heavy atom. The van der Waals surface area contributed by atoms with E-state index in [9.17, 15) is 4.79 Å². The minimum absolute atomic E-state index is 0.151. The summed E-state index contributed by atoms with van der Waals surface area (Å²) in [5.74, 6) is 5.29. The number of carbonyl (C=O) groups is 1. The molecule has 5 nitrogen and oxygen atoms in total. The number of hydrazine groups is 1. The second-order valence-corrected chi connectivity index (χ2v) is 5.24. The van der Waals surface area contributed by atoms with Gasteiger partial charge in [-0.05, 0) is 31.7 Å². The first-order valence-corrected chi connectivity index (χ1v) is 7.05. The lowest BCUT2D eigenvalue weighted by Gasteiger charge is -2.32. The molecule has 0 aliphatic carbocycles. The molecule has 1 amide bonds. The summed E-state index contributed by atoms with van der Waals surface area (Å²) in [6, 6.07) is 5.53. The molecule has 0 bridgehead atoms. The molecule has 1 fully saturated rings. The second kappa shape index (κ2) is 7.23. The molecule has 0 aromatic heterocycles. The molecule has 21 heavy (non-hydrogen) atoms. The Kier molecular flexibility index (Phi) is 5.34. The highest BCUT2D eigenvalue weighted by atomic mass is 16.2. The van der Waals surface area contributed by atoms with Crippen LogP contribution in [0, 0.1) is 18.8 Å². The summed E-state index contributed by atoms with van der Waals surface area (Å²) < 4.78 is 0. The standard InChI is InChI=1S/C16H21N3O2/c1-13-5-6-15(14(12-13)4-3-11-20)16(21)17-19-9-7-18(2)8-10-19/h5-6,12,20H,7-11H2,1-2H3,(H,17,21). The number of aliphatic hydroxyl groups is 1. The number of carbonyl (C=O) groups excluding carboxylic acids is 1. The van der Waals surface area contributed by atoms with E-state index in [2.05, 4.69) is 29.2 Å². The van der Waals surface area contributed by atoms with Gasteiger partial charge < -0.3 is 10.0 Å². The summed E-state index contributed by atoms with van der Waals surface area (Å²) in [6.45, 7) is 5.23. The number of likely N-dealkylation sites (N-methyl/N-ethyl adjacent to an activating group) is 1. The van der Waals surface area contributed by atoms with Crippen molar-refractivity contribution in [2.24, 2.45) is 0 Å². The molecule has 1 heterocycles. The number of hydrogen-bond donors (Lipinski definition) is 2. The third-order valence-corrected chi connectivity index (χ3v) is 3.48. The number of aryl methyl sites for hydroxylation is 1. The highest BCUT2D eigenvalue weighted by Gasteiger charge is 2.18. The molecule has 1 aromatic rings. The topological polar surface area (TPSA) is 55.8 Å². The van der Waals surface area contributed by atoms with E-state index in [1.54, 1.807) is 6.07 Å². The smallest absolute Gasteiger partial charge is 0.266 e. The Balaban J connectivity index is 2.11. The number of hydrogen-bond acceptors (Lipinski definition) is 4. The summed E-state index contributed by atoms with van der Waals surface area (Å²) in [7, 11) is 2.07. The minimum atomic E-state index is -0.215. The Morgan fingerprint density at radius 3 is 2.71 bits per heavy atom. The Hall–Kier alpha value is -1.87. The van der Waals surface area contributed by atoms with E-state index in [0.29, 0.717) is 11.1 Å². The number of rotatable bonds is 2. The highest BCUT2D eigenvalue weighted by Crippen LogP contribution is 2.11. The van der Waals surface area contributed by atoms with Crippen molar-refractivity contribution in [3.63, 3.8) is 0 Å². The Labute approximate surface area is 125 Å².